The van der Waals surface area contributed by atoms with Gasteiger partial charge in [-0.05, 0) is 34.6 Å². The summed E-state index contributed by atoms with van der Waals surface area (Å²) in [6.45, 7) is 10.9. The Morgan fingerprint density at radius 2 is 2.04 bits per heavy atom. The number of aryl methyl sites for hydroxylation is 1. The van der Waals surface area contributed by atoms with Crippen LogP contribution in [0.25, 0.3) is 16.8 Å². The van der Waals surface area contributed by atoms with E-state index in [2.05, 4.69) is 36.3 Å². The van der Waals surface area contributed by atoms with Crippen LogP contribution in [0.2, 0.25) is 0 Å². The normalized spacial score (nSPS) is 18.5. The summed E-state index contributed by atoms with van der Waals surface area (Å²) < 4.78 is 9.96. The van der Waals surface area contributed by atoms with E-state index < -0.39 is 0 Å². The maximum atomic E-state index is 11.6. The molecule has 0 aromatic carbocycles. The van der Waals surface area contributed by atoms with Crippen LogP contribution in [-0.2, 0) is 10.3 Å². The van der Waals surface area contributed by atoms with Crippen molar-refractivity contribution in [2.24, 2.45) is 5.92 Å². The molecule has 1 fully saturated rings. The van der Waals surface area contributed by atoms with Gasteiger partial charge in [-0.15, -0.1) is 0 Å². The molecule has 3 aromatic rings. The second-order valence-corrected chi connectivity index (χ2v) is 8.49. The van der Waals surface area contributed by atoms with Gasteiger partial charge in [-0.1, -0.05) is 0 Å². The summed E-state index contributed by atoms with van der Waals surface area (Å²) in [5.74, 6) is 0.732. The highest BCUT2D eigenvalue weighted by Gasteiger charge is 2.29. The molecular weight excluding hydrogens is 356 g/mol. The molecule has 2 atom stereocenters. The Hall–Kier alpha value is -2.90. The highest BCUT2D eigenvalue weighted by molar-refractivity contribution is 5.78. The molecule has 0 aliphatic carbocycles. The van der Waals surface area contributed by atoms with E-state index in [0.717, 1.165) is 22.3 Å². The van der Waals surface area contributed by atoms with E-state index in [0.29, 0.717) is 18.8 Å². The van der Waals surface area contributed by atoms with Gasteiger partial charge in [0.05, 0.1) is 29.8 Å². The number of aromatic nitrogens is 5. The van der Waals surface area contributed by atoms with Crippen molar-refractivity contribution in [3.63, 3.8) is 0 Å². The van der Waals surface area contributed by atoms with Crippen molar-refractivity contribution in [2.75, 3.05) is 6.54 Å². The van der Waals surface area contributed by atoms with Crippen molar-refractivity contribution in [1.82, 2.24) is 29.7 Å². The molecule has 4 heterocycles. The Morgan fingerprint density at radius 1 is 1.25 bits per heavy atom. The number of nitrogens with zero attached hydrogens (tertiary/aromatic N) is 5. The summed E-state index contributed by atoms with van der Waals surface area (Å²) in [5.41, 5.74) is 3.37. The zero-order chi connectivity index (χ0) is 20.1. The molecule has 0 radical (unpaired) electrons. The predicted molar refractivity (Wildman–Crippen MR) is 105 cm³/mol. The van der Waals surface area contributed by atoms with E-state index in [1.807, 2.05) is 37.1 Å². The van der Waals surface area contributed by atoms with Gasteiger partial charge in [-0.25, -0.2) is 9.50 Å². The topological polar surface area (TPSA) is 86.3 Å². The van der Waals surface area contributed by atoms with E-state index in [1.165, 1.54) is 0 Å². The van der Waals surface area contributed by atoms with Crippen molar-refractivity contribution in [2.45, 2.75) is 52.7 Å². The number of ether oxygens (including phenoxy) is 1. The summed E-state index contributed by atoms with van der Waals surface area (Å²) in [6.07, 6.45) is 7.83. The summed E-state index contributed by atoms with van der Waals surface area (Å²) in [5, 5.41) is 11.8. The van der Waals surface area contributed by atoms with Gasteiger partial charge in [0.15, 0.2) is 0 Å². The number of amides is 1. The Labute approximate surface area is 163 Å². The number of hydrogen-bond acceptors (Lipinski definition) is 5. The predicted octanol–water partition coefficient (Wildman–Crippen LogP) is 2.56. The first-order valence-corrected chi connectivity index (χ1v) is 9.56. The number of nitrogens with one attached hydrogen (secondary N) is 1. The molecule has 0 saturated carbocycles. The molecule has 2 unspecified atom stereocenters. The van der Waals surface area contributed by atoms with Gasteiger partial charge < -0.3 is 10.1 Å². The van der Waals surface area contributed by atoms with Crippen LogP contribution in [-0.4, -0.2) is 42.9 Å². The molecule has 0 spiro atoms. The van der Waals surface area contributed by atoms with Crippen molar-refractivity contribution < 1.29 is 9.53 Å². The van der Waals surface area contributed by atoms with Crippen LogP contribution in [0.4, 0.5) is 0 Å². The minimum Gasteiger partial charge on any atom is -0.473 e. The first-order valence-electron chi connectivity index (χ1n) is 9.56. The van der Waals surface area contributed by atoms with Crippen LogP contribution >= 0.6 is 0 Å². The summed E-state index contributed by atoms with van der Waals surface area (Å²) >= 11 is 0. The van der Waals surface area contributed by atoms with E-state index in [4.69, 9.17) is 9.72 Å². The van der Waals surface area contributed by atoms with Gasteiger partial charge in [-0.2, -0.15) is 10.2 Å². The molecule has 8 heteroatoms. The summed E-state index contributed by atoms with van der Waals surface area (Å²) in [7, 11) is 0. The van der Waals surface area contributed by atoms with Crippen molar-refractivity contribution >= 4 is 11.4 Å². The van der Waals surface area contributed by atoms with Crippen molar-refractivity contribution in [3.8, 4) is 17.1 Å². The van der Waals surface area contributed by atoms with Crippen LogP contribution < -0.4 is 10.1 Å². The second-order valence-electron chi connectivity index (χ2n) is 8.49. The number of carbonyl (C=O) groups excluding carboxylic acids is 1. The highest BCUT2D eigenvalue weighted by atomic mass is 16.5. The molecule has 4 rings (SSSR count). The monoisotopic (exact) mass is 382 g/mol. The Bertz CT molecular complexity index is 1030. The average Bonchev–Trinajstić information content (AvgIpc) is 3.34. The van der Waals surface area contributed by atoms with Gasteiger partial charge in [0, 0.05) is 36.2 Å². The number of rotatable bonds is 4. The minimum absolute atomic E-state index is 0.0717. The molecule has 28 heavy (non-hydrogen) atoms. The standard InChI is InChI=1S/C20H26N6O2/c1-12-7-22-25-11-16(15-9-23-26(10-15)20(3,4)5)24-19(18(12)25)28-13(2)14-6-17(27)21-8-14/h7,9-11,13-14H,6,8H2,1-5H3,(H,21,27). The third-order valence-corrected chi connectivity index (χ3v) is 5.18. The molecule has 1 N–H and O–H groups in total. The number of hydrogen-bond donors (Lipinski definition) is 1. The maximum absolute atomic E-state index is 11.6. The number of carbonyl (C=O) groups is 1. The largest absolute Gasteiger partial charge is 0.473 e. The summed E-state index contributed by atoms with van der Waals surface area (Å²) in [6, 6.07) is 0. The lowest BCUT2D eigenvalue weighted by molar-refractivity contribution is -0.119. The van der Waals surface area contributed by atoms with Gasteiger partial charge in [0.1, 0.15) is 11.6 Å². The van der Waals surface area contributed by atoms with E-state index in [-0.39, 0.29) is 23.5 Å². The molecule has 0 bridgehead atoms. The van der Waals surface area contributed by atoms with Gasteiger partial charge >= 0.3 is 0 Å². The summed E-state index contributed by atoms with van der Waals surface area (Å²) in [4.78, 5) is 16.3. The zero-order valence-corrected chi connectivity index (χ0v) is 16.9. The first-order chi connectivity index (χ1) is 13.2. The van der Waals surface area contributed by atoms with Gasteiger partial charge in [0.2, 0.25) is 11.8 Å². The van der Waals surface area contributed by atoms with E-state index in [1.54, 1.807) is 10.7 Å². The minimum atomic E-state index is -0.142. The van der Waals surface area contributed by atoms with Crippen LogP contribution in [0.15, 0.2) is 24.8 Å². The molecule has 148 valence electrons. The molecular formula is C20H26N6O2. The zero-order valence-electron chi connectivity index (χ0n) is 16.9. The average molecular weight is 382 g/mol. The lowest BCUT2D eigenvalue weighted by atomic mass is 10.0. The maximum Gasteiger partial charge on any atom is 0.241 e. The van der Waals surface area contributed by atoms with Crippen LogP contribution in [0.3, 0.4) is 0 Å². The fraction of sp³-hybridized carbons (Fsp3) is 0.500. The molecule has 1 aliphatic rings. The molecule has 1 aliphatic heterocycles. The van der Waals surface area contributed by atoms with E-state index >= 15 is 0 Å². The molecule has 8 nitrogen and oxygen atoms in total. The molecule has 1 saturated heterocycles. The highest BCUT2D eigenvalue weighted by Crippen LogP contribution is 2.29. The SMILES string of the molecule is Cc1cnn2cc(-c3cnn(C(C)(C)C)c3)nc(OC(C)C3CNC(=O)C3)c12. The first kappa shape index (κ1) is 18.5. The Morgan fingerprint density at radius 3 is 2.68 bits per heavy atom. The van der Waals surface area contributed by atoms with E-state index in [9.17, 15) is 4.79 Å². The van der Waals surface area contributed by atoms with Crippen molar-refractivity contribution in [1.29, 1.82) is 0 Å². The molecule has 1 amide bonds. The van der Waals surface area contributed by atoms with Crippen LogP contribution in [0.1, 0.15) is 39.7 Å². The lowest BCUT2D eigenvalue weighted by Gasteiger charge is -2.20. The quantitative estimate of drug-likeness (QED) is 0.749. The third-order valence-electron chi connectivity index (χ3n) is 5.18. The Balaban J connectivity index is 1.72. The van der Waals surface area contributed by atoms with Gasteiger partial charge in [0.25, 0.3) is 0 Å². The Kier molecular flexibility index (Phi) is 4.36. The second kappa shape index (κ2) is 6.61. The third kappa shape index (κ3) is 3.34. The molecule has 3 aromatic heterocycles. The lowest BCUT2D eigenvalue weighted by Crippen LogP contribution is -2.26. The smallest absolute Gasteiger partial charge is 0.241 e. The number of fused-ring (bicyclic) bond motifs is 1. The van der Waals surface area contributed by atoms with Crippen molar-refractivity contribution in [3.05, 3.63) is 30.4 Å². The van der Waals surface area contributed by atoms with Crippen LogP contribution in [0, 0.1) is 12.8 Å². The van der Waals surface area contributed by atoms with Crippen LogP contribution in [0.5, 0.6) is 5.88 Å². The fourth-order valence-electron chi connectivity index (χ4n) is 3.39. The van der Waals surface area contributed by atoms with Gasteiger partial charge in [-0.3, -0.25) is 9.48 Å². The fourth-order valence-corrected chi connectivity index (χ4v) is 3.39.